The molecule has 1 aromatic carbocycles. The minimum absolute atomic E-state index is 0.142. The second-order valence-electron chi connectivity index (χ2n) is 4.39. The van der Waals surface area contributed by atoms with Crippen LogP contribution in [0.2, 0.25) is 0 Å². The van der Waals surface area contributed by atoms with E-state index in [1.54, 1.807) is 24.3 Å². The lowest BCUT2D eigenvalue weighted by Gasteiger charge is -2.08. The van der Waals surface area contributed by atoms with E-state index in [4.69, 9.17) is 0 Å². The van der Waals surface area contributed by atoms with Gasteiger partial charge in [-0.3, -0.25) is 4.79 Å². The first-order valence-corrected chi connectivity index (χ1v) is 6.89. The van der Waals surface area contributed by atoms with Crippen molar-refractivity contribution in [1.29, 1.82) is 0 Å². The van der Waals surface area contributed by atoms with Gasteiger partial charge in [-0.2, -0.15) is 0 Å². The molecule has 2 aromatic rings. The third-order valence-electron chi connectivity index (χ3n) is 2.86. The molecule has 1 heterocycles. The molecule has 0 bridgehead atoms. The Morgan fingerprint density at radius 2 is 1.90 bits per heavy atom. The van der Waals surface area contributed by atoms with E-state index in [1.807, 2.05) is 19.9 Å². The lowest BCUT2D eigenvalue weighted by atomic mass is 10.1. The number of ether oxygens (including phenoxy) is 1. The number of thiophene rings is 1. The van der Waals surface area contributed by atoms with Crippen molar-refractivity contribution in [1.82, 2.24) is 0 Å². The van der Waals surface area contributed by atoms with E-state index >= 15 is 0 Å². The van der Waals surface area contributed by atoms with Gasteiger partial charge in [0, 0.05) is 10.6 Å². The zero-order valence-corrected chi connectivity index (χ0v) is 12.3. The SMILES string of the molecule is COC(=O)c1ccc(NC(=O)c2ccc(C)s2)c(C)c1. The number of carbonyl (C=O) groups excluding carboxylic acids is 2. The third kappa shape index (κ3) is 3.05. The average Bonchev–Trinajstić information content (AvgIpc) is 2.86. The van der Waals surface area contributed by atoms with E-state index in [0.717, 1.165) is 10.4 Å². The fourth-order valence-electron chi connectivity index (χ4n) is 1.79. The van der Waals surface area contributed by atoms with Crippen molar-refractivity contribution in [2.45, 2.75) is 13.8 Å². The molecule has 20 heavy (non-hydrogen) atoms. The molecule has 0 unspecified atom stereocenters. The Morgan fingerprint density at radius 3 is 2.45 bits per heavy atom. The van der Waals surface area contributed by atoms with Gasteiger partial charge in [0.1, 0.15) is 0 Å². The topological polar surface area (TPSA) is 55.4 Å². The number of methoxy groups -OCH3 is 1. The number of rotatable bonds is 3. The van der Waals surface area contributed by atoms with E-state index in [9.17, 15) is 9.59 Å². The van der Waals surface area contributed by atoms with Gasteiger partial charge < -0.3 is 10.1 Å². The summed E-state index contributed by atoms with van der Waals surface area (Å²) in [6, 6.07) is 8.75. The molecule has 5 heteroatoms. The summed E-state index contributed by atoms with van der Waals surface area (Å²) in [6.07, 6.45) is 0. The molecular weight excluding hydrogens is 274 g/mol. The van der Waals surface area contributed by atoms with Crippen LogP contribution in [0.3, 0.4) is 0 Å². The Kier molecular flexibility index (Phi) is 4.20. The molecule has 2 rings (SSSR count). The molecule has 0 spiro atoms. The van der Waals surface area contributed by atoms with Crippen LogP contribution in [0.25, 0.3) is 0 Å². The highest BCUT2D eigenvalue weighted by Crippen LogP contribution is 2.20. The predicted octanol–water partition coefficient (Wildman–Crippen LogP) is 3.40. The normalized spacial score (nSPS) is 10.2. The molecule has 4 nitrogen and oxygen atoms in total. The maximum Gasteiger partial charge on any atom is 0.337 e. The van der Waals surface area contributed by atoms with Crippen LogP contribution < -0.4 is 5.32 Å². The Morgan fingerprint density at radius 1 is 1.15 bits per heavy atom. The standard InChI is InChI=1S/C15H15NO3S/c1-9-8-11(15(18)19-3)5-6-12(9)16-14(17)13-7-4-10(2)20-13/h4-8H,1-3H3,(H,16,17). The van der Waals surface area contributed by atoms with E-state index in [-0.39, 0.29) is 11.9 Å². The van der Waals surface area contributed by atoms with Gasteiger partial charge in [0.15, 0.2) is 0 Å². The number of hydrogen-bond acceptors (Lipinski definition) is 4. The maximum absolute atomic E-state index is 12.1. The van der Waals surface area contributed by atoms with Crippen LogP contribution in [-0.2, 0) is 4.74 Å². The second kappa shape index (κ2) is 5.88. The highest BCUT2D eigenvalue weighted by Gasteiger charge is 2.12. The maximum atomic E-state index is 12.1. The van der Waals surface area contributed by atoms with Crippen molar-refractivity contribution < 1.29 is 14.3 Å². The molecule has 0 aliphatic carbocycles. The quantitative estimate of drug-likeness (QED) is 0.881. The van der Waals surface area contributed by atoms with Gasteiger partial charge in [-0.05, 0) is 49.7 Å². The predicted molar refractivity (Wildman–Crippen MR) is 79.5 cm³/mol. The molecule has 1 amide bonds. The number of amides is 1. The summed E-state index contributed by atoms with van der Waals surface area (Å²) in [5.74, 6) is -0.531. The molecule has 0 radical (unpaired) electrons. The molecule has 1 N–H and O–H groups in total. The largest absolute Gasteiger partial charge is 0.465 e. The summed E-state index contributed by atoms with van der Waals surface area (Å²) in [6.45, 7) is 3.79. The zero-order valence-electron chi connectivity index (χ0n) is 11.5. The monoisotopic (exact) mass is 289 g/mol. The molecule has 0 atom stereocenters. The second-order valence-corrected chi connectivity index (χ2v) is 5.67. The number of nitrogens with one attached hydrogen (secondary N) is 1. The van der Waals surface area contributed by atoms with Crippen LogP contribution in [0, 0.1) is 13.8 Å². The molecular formula is C15H15NO3S. The van der Waals surface area contributed by atoms with Gasteiger partial charge in [0.2, 0.25) is 0 Å². The van der Waals surface area contributed by atoms with Gasteiger partial charge in [0.05, 0.1) is 17.6 Å². The Balaban J connectivity index is 2.18. The summed E-state index contributed by atoms with van der Waals surface area (Å²) in [4.78, 5) is 25.2. The van der Waals surface area contributed by atoms with Crippen LogP contribution in [0.1, 0.15) is 30.5 Å². The summed E-state index contributed by atoms with van der Waals surface area (Å²) in [5.41, 5.74) is 1.97. The summed E-state index contributed by atoms with van der Waals surface area (Å²) >= 11 is 1.45. The molecule has 0 saturated carbocycles. The minimum atomic E-state index is -0.389. The van der Waals surface area contributed by atoms with E-state index in [0.29, 0.717) is 16.1 Å². The van der Waals surface area contributed by atoms with E-state index in [1.165, 1.54) is 18.4 Å². The van der Waals surface area contributed by atoms with Crippen molar-refractivity contribution in [3.63, 3.8) is 0 Å². The summed E-state index contributed by atoms with van der Waals surface area (Å²) < 4.78 is 4.66. The van der Waals surface area contributed by atoms with Crippen LogP contribution in [0.4, 0.5) is 5.69 Å². The first-order valence-electron chi connectivity index (χ1n) is 6.08. The molecule has 0 aliphatic heterocycles. The summed E-state index contributed by atoms with van der Waals surface area (Å²) in [5, 5.41) is 2.84. The number of aryl methyl sites for hydroxylation is 2. The molecule has 1 aromatic heterocycles. The van der Waals surface area contributed by atoms with Crippen molar-refractivity contribution >= 4 is 28.9 Å². The van der Waals surface area contributed by atoms with Crippen LogP contribution in [0.15, 0.2) is 30.3 Å². The van der Waals surface area contributed by atoms with Crippen molar-refractivity contribution in [2.24, 2.45) is 0 Å². The number of anilines is 1. The summed E-state index contributed by atoms with van der Waals surface area (Å²) in [7, 11) is 1.34. The van der Waals surface area contributed by atoms with Crippen molar-refractivity contribution in [3.05, 3.63) is 51.2 Å². The first-order chi connectivity index (χ1) is 9.51. The third-order valence-corrected chi connectivity index (χ3v) is 3.86. The highest BCUT2D eigenvalue weighted by atomic mass is 32.1. The lowest BCUT2D eigenvalue weighted by molar-refractivity contribution is 0.0600. The van der Waals surface area contributed by atoms with Crippen molar-refractivity contribution in [3.8, 4) is 0 Å². The first kappa shape index (κ1) is 14.3. The molecule has 0 fully saturated rings. The fraction of sp³-hybridized carbons (Fsp3) is 0.200. The Hall–Kier alpha value is -2.14. The van der Waals surface area contributed by atoms with Gasteiger partial charge in [-0.25, -0.2) is 4.79 Å². The Bertz CT molecular complexity index is 661. The highest BCUT2D eigenvalue weighted by molar-refractivity contribution is 7.14. The molecule has 0 aliphatic rings. The molecule has 0 saturated heterocycles. The lowest BCUT2D eigenvalue weighted by Crippen LogP contribution is -2.11. The average molecular weight is 289 g/mol. The minimum Gasteiger partial charge on any atom is -0.465 e. The number of carbonyl (C=O) groups is 2. The van der Waals surface area contributed by atoms with Crippen LogP contribution >= 0.6 is 11.3 Å². The van der Waals surface area contributed by atoms with Gasteiger partial charge in [-0.15, -0.1) is 11.3 Å². The smallest absolute Gasteiger partial charge is 0.337 e. The van der Waals surface area contributed by atoms with Gasteiger partial charge in [0.25, 0.3) is 5.91 Å². The van der Waals surface area contributed by atoms with E-state index in [2.05, 4.69) is 10.1 Å². The van der Waals surface area contributed by atoms with Gasteiger partial charge >= 0.3 is 5.97 Å². The molecule has 104 valence electrons. The zero-order chi connectivity index (χ0) is 14.7. The number of hydrogen-bond donors (Lipinski definition) is 1. The fourth-order valence-corrected chi connectivity index (χ4v) is 2.55. The van der Waals surface area contributed by atoms with E-state index < -0.39 is 0 Å². The Labute approximate surface area is 121 Å². The van der Waals surface area contributed by atoms with Crippen molar-refractivity contribution in [2.75, 3.05) is 12.4 Å². The number of benzene rings is 1. The number of esters is 1. The van der Waals surface area contributed by atoms with Crippen LogP contribution in [0.5, 0.6) is 0 Å². The van der Waals surface area contributed by atoms with Gasteiger partial charge in [-0.1, -0.05) is 0 Å². The van der Waals surface area contributed by atoms with Crippen LogP contribution in [-0.4, -0.2) is 19.0 Å².